The Balaban J connectivity index is 3.77. The normalized spacial score (nSPS) is 14.6. The Kier molecular flexibility index (Phi) is 4.19. The lowest BCUT2D eigenvalue weighted by atomic mass is 9.98. The standard InChI is InChI=1S/C7H16N4O2/c1-7(10,5(12)13)3-2-4-11-6(8)9/h2-4,10H2,1H3,(H,12,13)(H4,8,9,11)/p+1. The quantitative estimate of drug-likeness (QED) is 0.195. The summed E-state index contributed by atoms with van der Waals surface area (Å²) in [6.07, 6.45) is 1.06. The molecule has 0 aliphatic rings. The van der Waals surface area contributed by atoms with E-state index in [1.54, 1.807) is 0 Å². The van der Waals surface area contributed by atoms with Crippen LogP contribution in [0, 0.1) is 0 Å². The minimum Gasteiger partial charge on any atom is -0.544 e. The molecule has 0 fully saturated rings. The number of nitrogens with two attached hydrogens (primary N) is 2. The average Bonchev–Trinajstić information content (AvgIpc) is 1.97. The number of carboxylic acids is 1. The van der Waals surface area contributed by atoms with E-state index in [-0.39, 0.29) is 5.96 Å². The Labute approximate surface area is 76.8 Å². The molecule has 0 spiro atoms. The molecule has 0 aromatic rings. The van der Waals surface area contributed by atoms with E-state index in [1.807, 2.05) is 0 Å². The molecule has 1 unspecified atom stereocenters. The molecule has 0 rings (SSSR count). The molecule has 1 atom stereocenters. The van der Waals surface area contributed by atoms with E-state index in [1.165, 1.54) is 6.92 Å². The van der Waals surface area contributed by atoms with Gasteiger partial charge in [-0.15, -0.1) is 0 Å². The molecule has 8 N–H and O–H groups in total. The second-order valence-corrected chi connectivity index (χ2v) is 3.33. The average molecular weight is 189 g/mol. The molecule has 0 aliphatic heterocycles. The Morgan fingerprint density at radius 1 is 1.62 bits per heavy atom. The summed E-state index contributed by atoms with van der Waals surface area (Å²) < 4.78 is 0. The molecule has 0 aromatic heterocycles. The first-order chi connectivity index (χ1) is 5.86. The van der Waals surface area contributed by atoms with Crippen LogP contribution < -0.4 is 27.3 Å². The van der Waals surface area contributed by atoms with Crippen molar-refractivity contribution in [2.45, 2.75) is 25.3 Å². The second-order valence-electron chi connectivity index (χ2n) is 3.33. The van der Waals surface area contributed by atoms with Crippen molar-refractivity contribution in [3.05, 3.63) is 0 Å². The van der Waals surface area contributed by atoms with Crippen molar-refractivity contribution >= 4 is 11.9 Å². The third kappa shape index (κ3) is 5.02. The maximum absolute atomic E-state index is 10.5. The third-order valence-electron chi connectivity index (χ3n) is 1.73. The van der Waals surface area contributed by atoms with E-state index in [4.69, 9.17) is 11.5 Å². The van der Waals surface area contributed by atoms with Gasteiger partial charge in [-0.2, -0.15) is 0 Å². The molecule has 76 valence electrons. The van der Waals surface area contributed by atoms with Gasteiger partial charge in [0.15, 0.2) is 0 Å². The Morgan fingerprint density at radius 2 is 2.15 bits per heavy atom. The van der Waals surface area contributed by atoms with Gasteiger partial charge in [0.2, 0.25) is 0 Å². The van der Waals surface area contributed by atoms with Crippen molar-refractivity contribution in [1.29, 1.82) is 0 Å². The van der Waals surface area contributed by atoms with Gasteiger partial charge < -0.3 is 15.6 Å². The molecule has 0 heterocycles. The molecule has 6 heteroatoms. The predicted octanol–water partition coefficient (Wildman–Crippen LogP) is -5.13. The monoisotopic (exact) mass is 189 g/mol. The number of nitrogens with one attached hydrogen (secondary N) is 1. The van der Waals surface area contributed by atoms with Crippen LogP contribution in [0.15, 0.2) is 0 Å². The van der Waals surface area contributed by atoms with E-state index in [2.05, 4.69) is 10.7 Å². The van der Waals surface area contributed by atoms with E-state index >= 15 is 0 Å². The number of hydrogen-bond acceptors (Lipinski definition) is 2. The zero-order valence-electron chi connectivity index (χ0n) is 7.80. The molecule has 0 bridgehead atoms. The number of carbonyl (C=O) groups excluding carboxylic acids is 1. The summed E-state index contributed by atoms with van der Waals surface area (Å²) in [4.78, 5) is 13.2. The van der Waals surface area contributed by atoms with E-state index in [0.717, 1.165) is 0 Å². The van der Waals surface area contributed by atoms with Crippen molar-refractivity contribution in [1.82, 2.24) is 0 Å². The number of hydrogen-bond donors (Lipinski definition) is 4. The summed E-state index contributed by atoms with van der Waals surface area (Å²) in [6.45, 7) is 2.07. The number of rotatable bonds is 5. The van der Waals surface area contributed by atoms with Gasteiger partial charge in [0, 0.05) is 6.42 Å². The fraction of sp³-hybridized carbons (Fsp3) is 0.714. The van der Waals surface area contributed by atoms with Crippen LogP contribution >= 0.6 is 0 Å². The molecule has 0 radical (unpaired) electrons. The highest BCUT2D eigenvalue weighted by Crippen LogP contribution is 2.02. The van der Waals surface area contributed by atoms with Gasteiger partial charge in [0.25, 0.3) is 0 Å². The zero-order valence-corrected chi connectivity index (χ0v) is 7.80. The van der Waals surface area contributed by atoms with Crippen molar-refractivity contribution in [3.8, 4) is 0 Å². The summed E-state index contributed by atoms with van der Waals surface area (Å²) in [5, 5.41) is 10.5. The van der Waals surface area contributed by atoms with Gasteiger partial charge in [-0.05, 0) is 13.3 Å². The molecule has 0 aliphatic carbocycles. The molecular formula is C7H17N4O2+. The molecule has 0 saturated carbocycles. The van der Waals surface area contributed by atoms with E-state index in [0.29, 0.717) is 19.4 Å². The molecular weight excluding hydrogens is 172 g/mol. The number of guanidine groups is 1. The van der Waals surface area contributed by atoms with Crippen LogP contribution in [0.3, 0.4) is 0 Å². The van der Waals surface area contributed by atoms with Crippen LogP contribution in [0.25, 0.3) is 0 Å². The zero-order chi connectivity index (χ0) is 10.5. The molecule has 0 aromatic carbocycles. The van der Waals surface area contributed by atoms with Crippen LogP contribution in [-0.4, -0.2) is 24.0 Å². The van der Waals surface area contributed by atoms with Gasteiger partial charge in [-0.3, -0.25) is 16.5 Å². The first-order valence-corrected chi connectivity index (χ1v) is 4.05. The number of carbonyl (C=O) groups is 1. The minimum absolute atomic E-state index is 0.138. The summed E-state index contributed by atoms with van der Waals surface area (Å²) in [7, 11) is 0. The van der Waals surface area contributed by atoms with E-state index < -0.39 is 11.5 Å². The van der Waals surface area contributed by atoms with Crippen LogP contribution in [-0.2, 0) is 4.79 Å². The fourth-order valence-corrected chi connectivity index (χ4v) is 0.813. The highest BCUT2D eigenvalue weighted by atomic mass is 16.4. The number of aliphatic carboxylic acids is 1. The Morgan fingerprint density at radius 3 is 2.54 bits per heavy atom. The lowest BCUT2D eigenvalue weighted by Crippen LogP contribution is -2.80. The topological polar surface area (TPSA) is 134 Å². The molecule has 0 amide bonds. The second kappa shape index (κ2) is 4.66. The summed E-state index contributed by atoms with van der Waals surface area (Å²) in [5.74, 6) is -1.00. The smallest absolute Gasteiger partial charge is 0.338 e. The number of carboxylic acid groups (broad SMARTS) is 1. The predicted molar refractivity (Wildman–Crippen MR) is 44.7 cm³/mol. The van der Waals surface area contributed by atoms with Crippen molar-refractivity contribution in [2.75, 3.05) is 6.54 Å². The van der Waals surface area contributed by atoms with Crippen LogP contribution in [0.2, 0.25) is 0 Å². The number of quaternary nitrogens is 1. The van der Waals surface area contributed by atoms with Crippen LogP contribution in [0.1, 0.15) is 19.8 Å². The van der Waals surface area contributed by atoms with Gasteiger partial charge in [-0.1, -0.05) is 0 Å². The molecule has 6 nitrogen and oxygen atoms in total. The van der Waals surface area contributed by atoms with Crippen LogP contribution in [0.5, 0.6) is 0 Å². The lowest BCUT2D eigenvalue weighted by Gasteiger charge is -2.20. The van der Waals surface area contributed by atoms with Gasteiger partial charge in [0.05, 0.1) is 6.54 Å². The maximum Gasteiger partial charge on any atom is 0.338 e. The molecule has 13 heavy (non-hydrogen) atoms. The summed E-state index contributed by atoms with van der Waals surface area (Å²) >= 11 is 0. The Hall–Kier alpha value is -1.30. The fourth-order valence-electron chi connectivity index (χ4n) is 0.813. The highest BCUT2D eigenvalue weighted by molar-refractivity contribution is 5.73. The van der Waals surface area contributed by atoms with Gasteiger partial charge >= 0.3 is 5.96 Å². The third-order valence-corrected chi connectivity index (χ3v) is 1.73. The van der Waals surface area contributed by atoms with Crippen molar-refractivity contribution in [2.24, 2.45) is 11.5 Å². The first-order valence-electron chi connectivity index (χ1n) is 4.05. The largest absolute Gasteiger partial charge is 0.544 e. The molecule has 0 saturated heterocycles. The highest BCUT2D eigenvalue weighted by Gasteiger charge is 2.23. The SMILES string of the molecule is CC([NH3+])(CCC[NH+]=C(N)N)C(=O)[O-]. The van der Waals surface area contributed by atoms with Crippen molar-refractivity contribution in [3.63, 3.8) is 0 Å². The maximum atomic E-state index is 10.5. The minimum atomic E-state index is -1.14. The first kappa shape index (κ1) is 11.7. The van der Waals surface area contributed by atoms with Crippen molar-refractivity contribution < 1.29 is 20.6 Å². The summed E-state index contributed by atoms with van der Waals surface area (Å²) in [5.41, 5.74) is 12.8. The summed E-state index contributed by atoms with van der Waals surface area (Å²) in [6, 6.07) is 0. The van der Waals surface area contributed by atoms with Gasteiger partial charge in [-0.25, -0.2) is 0 Å². The Bertz CT molecular complexity index is 209. The lowest BCUT2D eigenvalue weighted by molar-refractivity contribution is -0.490. The van der Waals surface area contributed by atoms with E-state index in [9.17, 15) is 9.90 Å². The van der Waals surface area contributed by atoms with Gasteiger partial charge in [0.1, 0.15) is 11.5 Å². The van der Waals surface area contributed by atoms with Crippen LogP contribution in [0.4, 0.5) is 0 Å².